The van der Waals surface area contributed by atoms with Crippen LogP contribution in [-0.4, -0.2) is 20.9 Å². The summed E-state index contributed by atoms with van der Waals surface area (Å²) < 4.78 is 37.1. The van der Waals surface area contributed by atoms with E-state index in [0.29, 0.717) is 10.9 Å². The molecule has 0 saturated heterocycles. The first-order chi connectivity index (χ1) is 13.7. The summed E-state index contributed by atoms with van der Waals surface area (Å²) in [6, 6.07) is 10.9. The lowest BCUT2D eigenvalue weighted by atomic mass is 10.1. The molecule has 3 rings (SSSR count). The molecule has 0 aliphatic rings. The Morgan fingerprint density at radius 3 is 2.52 bits per heavy atom. The maximum atomic E-state index is 12.2. The number of rotatable bonds is 6. The van der Waals surface area contributed by atoms with Gasteiger partial charge in [0, 0.05) is 18.0 Å². The number of carbonyl (C=O) groups is 1. The van der Waals surface area contributed by atoms with Crippen molar-refractivity contribution in [3.05, 3.63) is 69.0 Å². The highest BCUT2D eigenvalue weighted by molar-refractivity contribution is 7.89. The first-order valence-corrected chi connectivity index (χ1v) is 10.5. The minimum Gasteiger partial charge on any atom is -0.426 e. The summed E-state index contributed by atoms with van der Waals surface area (Å²) in [5, 5.41) is 0.628. The first kappa shape index (κ1) is 21.0. The lowest BCUT2D eigenvalue weighted by Crippen LogP contribution is -2.27. The van der Waals surface area contributed by atoms with Gasteiger partial charge in [-0.15, -0.1) is 0 Å². The topological polar surface area (TPSA) is 103 Å². The number of benzene rings is 2. The maximum Gasteiger partial charge on any atom is 0.355 e. The first-order valence-electron chi connectivity index (χ1n) is 8.67. The second-order valence-corrected chi connectivity index (χ2v) is 8.57. The Kier molecular flexibility index (Phi) is 6.07. The molecule has 0 unspecified atom stereocenters. The van der Waals surface area contributed by atoms with E-state index in [0.717, 1.165) is 5.56 Å². The summed E-state index contributed by atoms with van der Waals surface area (Å²) >= 11 is 5.88. The van der Waals surface area contributed by atoms with Crippen molar-refractivity contribution in [2.75, 3.05) is 6.54 Å². The second-order valence-electron chi connectivity index (χ2n) is 6.42. The Labute approximate surface area is 172 Å². The van der Waals surface area contributed by atoms with Gasteiger partial charge in [0.25, 0.3) is 0 Å². The zero-order valence-electron chi connectivity index (χ0n) is 15.7. The molecule has 0 radical (unpaired) electrons. The van der Waals surface area contributed by atoms with E-state index in [4.69, 9.17) is 20.8 Å². The smallest absolute Gasteiger partial charge is 0.355 e. The molecule has 1 heterocycles. The van der Waals surface area contributed by atoms with Gasteiger partial charge in [-0.05, 0) is 43.7 Å². The summed E-state index contributed by atoms with van der Waals surface area (Å²) in [4.78, 5) is 23.8. The zero-order valence-corrected chi connectivity index (χ0v) is 17.3. The molecule has 1 N–H and O–H groups in total. The van der Waals surface area contributed by atoms with E-state index in [2.05, 4.69) is 4.72 Å². The molecule has 2 aromatic carbocycles. The number of sulfonamides is 1. The number of carbonyl (C=O) groups excluding carboxylic acids is 1. The highest BCUT2D eigenvalue weighted by atomic mass is 35.5. The fourth-order valence-corrected chi connectivity index (χ4v) is 3.82. The van der Waals surface area contributed by atoms with Crippen LogP contribution < -0.4 is 15.1 Å². The monoisotopic (exact) mass is 435 g/mol. The van der Waals surface area contributed by atoms with E-state index in [9.17, 15) is 18.0 Å². The van der Waals surface area contributed by atoms with Gasteiger partial charge in [-0.3, -0.25) is 4.79 Å². The number of halogens is 1. The second kappa shape index (κ2) is 8.36. The lowest BCUT2D eigenvalue weighted by molar-refractivity contribution is -0.134. The van der Waals surface area contributed by atoms with Crippen molar-refractivity contribution in [1.29, 1.82) is 0 Å². The Hall–Kier alpha value is -2.68. The van der Waals surface area contributed by atoms with Crippen LogP contribution in [0.5, 0.6) is 5.75 Å². The average Bonchev–Trinajstić information content (AvgIpc) is 2.66. The van der Waals surface area contributed by atoms with Crippen LogP contribution in [0.2, 0.25) is 5.02 Å². The number of hydrogen-bond donors (Lipinski definition) is 1. The number of aryl methyl sites for hydroxylation is 2. The van der Waals surface area contributed by atoms with Crippen LogP contribution in [0.15, 0.2) is 56.6 Å². The van der Waals surface area contributed by atoms with E-state index < -0.39 is 21.6 Å². The summed E-state index contributed by atoms with van der Waals surface area (Å²) in [6.45, 7) is 3.42. The van der Waals surface area contributed by atoms with Crippen LogP contribution in [0.4, 0.5) is 0 Å². The normalized spacial score (nSPS) is 11.6. The van der Waals surface area contributed by atoms with Gasteiger partial charge < -0.3 is 9.15 Å². The van der Waals surface area contributed by atoms with Gasteiger partial charge in [0.2, 0.25) is 10.0 Å². The molecule has 29 heavy (non-hydrogen) atoms. The van der Waals surface area contributed by atoms with Crippen LogP contribution in [-0.2, 0) is 14.8 Å². The zero-order chi connectivity index (χ0) is 21.2. The highest BCUT2D eigenvalue weighted by Gasteiger charge is 2.15. The number of esters is 1. The lowest BCUT2D eigenvalue weighted by Gasteiger charge is -2.08. The predicted molar refractivity (Wildman–Crippen MR) is 109 cm³/mol. The van der Waals surface area contributed by atoms with E-state index in [1.807, 2.05) is 6.92 Å². The van der Waals surface area contributed by atoms with Crippen molar-refractivity contribution in [3.63, 3.8) is 0 Å². The average molecular weight is 436 g/mol. The Morgan fingerprint density at radius 2 is 1.83 bits per heavy atom. The van der Waals surface area contributed by atoms with E-state index in [-0.39, 0.29) is 34.2 Å². The van der Waals surface area contributed by atoms with Crippen LogP contribution in [0.1, 0.15) is 17.5 Å². The van der Waals surface area contributed by atoms with Crippen molar-refractivity contribution < 1.29 is 22.4 Å². The molecule has 9 heteroatoms. The molecule has 0 spiro atoms. The maximum absolute atomic E-state index is 12.2. The third-order valence-corrected chi connectivity index (χ3v) is 6.17. The number of nitrogens with one attached hydrogen (secondary N) is 1. The predicted octanol–water partition coefficient (Wildman–Crippen LogP) is 3.34. The standard InChI is InChI=1S/C20H18ClNO6S/c1-12-3-6-15(7-4-12)29(25,26)22-10-9-18(23)27-14-5-8-16-13(2)19(21)20(24)28-17(16)11-14/h3-8,11,22H,9-10H2,1-2H3. The van der Waals surface area contributed by atoms with E-state index in [1.165, 1.54) is 18.2 Å². The highest BCUT2D eigenvalue weighted by Crippen LogP contribution is 2.26. The van der Waals surface area contributed by atoms with Crippen LogP contribution >= 0.6 is 11.6 Å². The summed E-state index contributed by atoms with van der Waals surface area (Å²) in [5.41, 5.74) is 1.07. The summed E-state index contributed by atoms with van der Waals surface area (Å²) in [5.74, 6) is -0.460. The molecule has 0 saturated carbocycles. The SMILES string of the molecule is Cc1ccc(S(=O)(=O)NCCC(=O)Oc2ccc3c(C)c(Cl)c(=O)oc3c2)cc1. The fourth-order valence-electron chi connectivity index (χ4n) is 2.65. The van der Waals surface area contributed by atoms with Crippen LogP contribution in [0, 0.1) is 13.8 Å². The number of fused-ring (bicyclic) bond motifs is 1. The Bertz CT molecular complexity index is 1230. The third-order valence-electron chi connectivity index (χ3n) is 4.25. The number of ether oxygens (including phenoxy) is 1. The molecule has 0 fully saturated rings. The molecule has 1 aromatic heterocycles. The molecule has 0 bridgehead atoms. The fraction of sp³-hybridized carbons (Fsp3) is 0.200. The Morgan fingerprint density at radius 1 is 1.14 bits per heavy atom. The van der Waals surface area contributed by atoms with Crippen molar-refractivity contribution in [1.82, 2.24) is 4.72 Å². The minimum atomic E-state index is -3.71. The van der Waals surface area contributed by atoms with Gasteiger partial charge in [0.05, 0.1) is 11.3 Å². The van der Waals surface area contributed by atoms with Gasteiger partial charge in [-0.2, -0.15) is 0 Å². The summed E-state index contributed by atoms with van der Waals surface area (Å²) in [7, 11) is -3.71. The van der Waals surface area contributed by atoms with Gasteiger partial charge >= 0.3 is 11.6 Å². The van der Waals surface area contributed by atoms with Gasteiger partial charge in [-0.25, -0.2) is 17.9 Å². The molecule has 0 aliphatic heterocycles. The van der Waals surface area contributed by atoms with Crippen molar-refractivity contribution >= 4 is 38.6 Å². The molecular formula is C20H18ClNO6S. The van der Waals surface area contributed by atoms with Gasteiger partial charge in [-0.1, -0.05) is 29.3 Å². The molecule has 152 valence electrons. The van der Waals surface area contributed by atoms with Crippen LogP contribution in [0.25, 0.3) is 11.0 Å². The Balaban J connectivity index is 1.63. The molecule has 3 aromatic rings. The third kappa shape index (κ3) is 4.84. The quantitative estimate of drug-likeness (QED) is 0.362. The van der Waals surface area contributed by atoms with Gasteiger partial charge in [0.15, 0.2) is 0 Å². The molecule has 0 atom stereocenters. The molecule has 7 nitrogen and oxygen atoms in total. The van der Waals surface area contributed by atoms with Gasteiger partial charge in [0.1, 0.15) is 16.4 Å². The van der Waals surface area contributed by atoms with Crippen molar-refractivity contribution in [2.24, 2.45) is 0 Å². The largest absolute Gasteiger partial charge is 0.426 e. The molecular weight excluding hydrogens is 418 g/mol. The minimum absolute atomic E-state index is 0.00288. The summed E-state index contributed by atoms with van der Waals surface area (Å²) in [6.07, 6.45) is -0.174. The van der Waals surface area contributed by atoms with Crippen molar-refractivity contribution in [2.45, 2.75) is 25.2 Å². The molecule has 0 aliphatic carbocycles. The van der Waals surface area contributed by atoms with Crippen molar-refractivity contribution in [3.8, 4) is 5.75 Å². The number of hydrogen-bond acceptors (Lipinski definition) is 6. The van der Waals surface area contributed by atoms with E-state index >= 15 is 0 Å². The molecule has 0 amide bonds. The van der Waals surface area contributed by atoms with Crippen LogP contribution in [0.3, 0.4) is 0 Å². The van der Waals surface area contributed by atoms with E-state index in [1.54, 1.807) is 31.2 Å².